The van der Waals surface area contributed by atoms with Gasteiger partial charge in [0.05, 0.1) is 6.54 Å². The first-order valence-corrected chi connectivity index (χ1v) is 6.45. The summed E-state index contributed by atoms with van der Waals surface area (Å²) >= 11 is 2.01. The van der Waals surface area contributed by atoms with Crippen molar-refractivity contribution in [1.29, 1.82) is 0 Å². The molecule has 2 heterocycles. The second-order valence-corrected chi connectivity index (χ2v) is 5.07. The van der Waals surface area contributed by atoms with Gasteiger partial charge in [0.2, 0.25) is 0 Å². The Bertz CT molecular complexity index is 313. The minimum Gasteiger partial charge on any atom is -0.462 e. The van der Waals surface area contributed by atoms with Gasteiger partial charge in [0.1, 0.15) is 18.1 Å². The van der Waals surface area contributed by atoms with Crippen LogP contribution < -0.4 is 0 Å². The number of furan rings is 1. The molecule has 15 heavy (non-hydrogen) atoms. The van der Waals surface area contributed by atoms with Gasteiger partial charge in [-0.15, -0.1) is 0 Å². The summed E-state index contributed by atoms with van der Waals surface area (Å²) in [6.45, 7) is 4.23. The molecule has 1 saturated heterocycles. The summed E-state index contributed by atoms with van der Waals surface area (Å²) in [6, 6.07) is 4.42. The summed E-state index contributed by atoms with van der Waals surface area (Å²) < 4.78 is 5.49. The van der Waals surface area contributed by atoms with Gasteiger partial charge < -0.3 is 9.52 Å². The maximum Gasteiger partial charge on any atom is 0.129 e. The minimum atomic E-state index is -0.00853. The monoisotopic (exact) mass is 227 g/mol. The molecule has 0 amide bonds. The molecular formula is C11H17NO2S. The number of thioether (sulfide) groups is 1. The summed E-state index contributed by atoms with van der Waals surface area (Å²) in [6.07, 6.45) is 0. The van der Waals surface area contributed by atoms with Crippen LogP contribution in [0, 0.1) is 0 Å². The Labute approximate surface area is 94.5 Å². The van der Waals surface area contributed by atoms with E-state index in [1.54, 1.807) is 0 Å². The first kappa shape index (κ1) is 11.0. The van der Waals surface area contributed by atoms with Crippen molar-refractivity contribution in [3.05, 3.63) is 23.7 Å². The number of hydrogen-bond acceptors (Lipinski definition) is 4. The van der Waals surface area contributed by atoms with Crippen molar-refractivity contribution in [2.24, 2.45) is 0 Å². The van der Waals surface area contributed by atoms with E-state index in [1.807, 2.05) is 23.9 Å². The Morgan fingerprint density at radius 1 is 1.53 bits per heavy atom. The van der Waals surface area contributed by atoms with E-state index in [1.165, 1.54) is 11.5 Å². The number of rotatable bonds is 3. The molecule has 1 unspecified atom stereocenters. The highest BCUT2D eigenvalue weighted by Crippen LogP contribution is 2.19. The van der Waals surface area contributed by atoms with Gasteiger partial charge >= 0.3 is 0 Å². The highest BCUT2D eigenvalue weighted by molar-refractivity contribution is 7.99. The summed E-state index contributed by atoms with van der Waals surface area (Å²) in [5, 5.41) is 8.90. The van der Waals surface area contributed by atoms with E-state index in [-0.39, 0.29) is 6.61 Å². The van der Waals surface area contributed by atoms with Crippen LogP contribution in [-0.2, 0) is 13.2 Å². The maximum atomic E-state index is 8.90. The van der Waals surface area contributed by atoms with Crippen LogP contribution in [0.5, 0.6) is 0 Å². The summed E-state index contributed by atoms with van der Waals surface area (Å²) in [5.41, 5.74) is 0. The van der Waals surface area contributed by atoms with Crippen LogP contribution in [0.1, 0.15) is 18.4 Å². The number of nitrogens with zero attached hydrogens (tertiary/aromatic N) is 1. The Morgan fingerprint density at radius 2 is 2.33 bits per heavy atom. The molecular weight excluding hydrogens is 210 g/mol. The van der Waals surface area contributed by atoms with Gasteiger partial charge in [-0.25, -0.2) is 0 Å². The molecule has 1 aliphatic rings. The molecule has 3 nitrogen and oxygen atoms in total. The lowest BCUT2D eigenvalue weighted by atomic mass is 10.3. The first-order valence-electron chi connectivity index (χ1n) is 5.30. The van der Waals surface area contributed by atoms with Crippen molar-refractivity contribution >= 4 is 11.8 Å². The maximum absolute atomic E-state index is 8.90. The largest absolute Gasteiger partial charge is 0.462 e. The van der Waals surface area contributed by atoms with Gasteiger partial charge in [0, 0.05) is 24.1 Å². The molecule has 0 bridgehead atoms. The number of aliphatic hydroxyl groups excluding tert-OH is 1. The van der Waals surface area contributed by atoms with Gasteiger partial charge in [-0.3, -0.25) is 4.90 Å². The van der Waals surface area contributed by atoms with Crippen LogP contribution in [0.15, 0.2) is 16.5 Å². The first-order chi connectivity index (χ1) is 7.29. The molecule has 4 heteroatoms. The second-order valence-electron chi connectivity index (χ2n) is 3.92. The van der Waals surface area contributed by atoms with Crippen molar-refractivity contribution < 1.29 is 9.52 Å². The standard InChI is InChI=1S/C11H17NO2S/c1-9-8-15-5-4-12(9)6-10-2-3-11(7-13)14-10/h2-3,9,13H,4-8H2,1H3. The van der Waals surface area contributed by atoms with Crippen molar-refractivity contribution in [3.63, 3.8) is 0 Å². The lowest BCUT2D eigenvalue weighted by molar-refractivity contribution is 0.195. The Hall–Kier alpha value is -0.450. The molecule has 1 aliphatic heterocycles. The third-order valence-electron chi connectivity index (χ3n) is 2.74. The van der Waals surface area contributed by atoms with Gasteiger partial charge in [-0.2, -0.15) is 11.8 Å². The average molecular weight is 227 g/mol. The van der Waals surface area contributed by atoms with Gasteiger partial charge in [0.25, 0.3) is 0 Å². The molecule has 2 rings (SSSR count). The lowest BCUT2D eigenvalue weighted by Crippen LogP contribution is -2.39. The van der Waals surface area contributed by atoms with E-state index in [4.69, 9.17) is 9.52 Å². The smallest absolute Gasteiger partial charge is 0.129 e. The zero-order valence-corrected chi connectivity index (χ0v) is 9.80. The normalized spacial score (nSPS) is 23.2. The molecule has 84 valence electrons. The van der Waals surface area contributed by atoms with Crippen molar-refractivity contribution in [2.75, 3.05) is 18.1 Å². The molecule has 1 atom stereocenters. The lowest BCUT2D eigenvalue weighted by Gasteiger charge is -2.32. The van der Waals surface area contributed by atoms with E-state index in [0.717, 1.165) is 18.8 Å². The number of aliphatic hydroxyl groups is 1. The Kier molecular flexibility index (Phi) is 3.72. The summed E-state index contributed by atoms with van der Waals surface area (Å²) in [7, 11) is 0. The summed E-state index contributed by atoms with van der Waals surface area (Å²) in [5.74, 6) is 4.02. The summed E-state index contributed by atoms with van der Waals surface area (Å²) in [4.78, 5) is 2.43. The fourth-order valence-corrected chi connectivity index (χ4v) is 2.87. The molecule has 0 aromatic carbocycles. The van der Waals surface area contributed by atoms with Crippen LogP contribution in [0.2, 0.25) is 0 Å². The van der Waals surface area contributed by atoms with E-state index < -0.39 is 0 Å². The zero-order valence-electron chi connectivity index (χ0n) is 8.98. The van der Waals surface area contributed by atoms with E-state index in [9.17, 15) is 0 Å². The third kappa shape index (κ3) is 2.77. The van der Waals surface area contributed by atoms with E-state index in [2.05, 4.69) is 11.8 Å². The van der Waals surface area contributed by atoms with Gasteiger partial charge in [-0.05, 0) is 19.1 Å². The topological polar surface area (TPSA) is 36.6 Å². The molecule has 1 N–H and O–H groups in total. The highest BCUT2D eigenvalue weighted by atomic mass is 32.2. The van der Waals surface area contributed by atoms with Crippen molar-refractivity contribution in [1.82, 2.24) is 4.90 Å². The van der Waals surface area contributed by atoms with Gasteiger partial charge in [-0.1, -0.05) is 0 Å². The third-order valence-corrected chi connectivity index (χ3v) is 3.93. The SMILES string of the molecule is CC1CSCCN1Cc1ccc(CO)o1. The molecule has 0 radical (unpaired) electrons. The molecule has 1 aromatic rings. The Morgan fingerprint density at radius 3 is 3.00 bits per heavy atom. The van der Waals surface area contributed by atoms with Crippen molar-refractivity contribution in [3.8, 4) is 0 Å². The minimum absolute atomic E-state index is 0.00853. The Balaban J connectivity index is 1.95. The van der Waals surface area contributed by atoms with Crippen LogP contribution in [0.4, 0.5) is 0 Å². The predicted octanol–water partition coefficient (Wildman–Crippen LogP) is 1.71. The quantitative estimate of drug-likeness (QED) is 0.853. The molecule has 0 spiro atoms. The van der Waals surface area contributed by atoms with E-state index in [0.29, 0.717) is 11.8 Å². The van der Waals surface area contributed by atoms with Crippen LogP contribution >= 0.6 is 11.8 Å². The molecule has 0 saturated carbocycles. The van der Waals surface area contributed by atoms with Crippen LogP contribution in [-0.4, -0.2) is 34.1 Å². The van der Waals surface area contributed by atoms with E-state index >= 15 is 0 Å². The second kappa shape index (κ2) is 5.05. The average Bonchev–Trinajstić information content (AvgIpc) is 2.69. The van der Waals surface area contributed by atoms with Crippen LogP contribution in [0.3, 0.4) is 0 Å². The zero-order chi connectivity index (χ0) is 10.7. The van der Waals surface area contributed by atoms with Crippen molar-refractivity contribution in [2.45, 2.75) is 26.1 Å². The van der Waals surface area contributed by atoms with Gasteiger partial charge in [0.15, 0.2) is 0 Å². The highest BCUT2D eigenvalue weighted by Gasteiger charge is 2.19. The fraction of sp³-hybridized carbons (Fsp3) is 0.636. The fourth-order valence-electron chi connectivity index (χ4n) is 1.79. The molecule has 1 fully saturated rings. The predicted molar refractivity (Wildman–Crippen MR) is 61.8 cm³/mol. The van der Waals surface area contributed by atoms with Crippen LogP contribution in [0.25, 0.3) is 0 Å². The molecule has 1 aromatic heterocycles. The molecule has 0 aliphatic carbocycles. The number of hydrogen-bond donors (Lipinski definition) is 1.